The standard InChI is InChI=1S/C16H24BrNO3S/c1-5-16(20-10-13-12(17)6-9-22-13)7-8-18(11-16)14(19)21-15(2,3)4/h6,9H,5,7-8,10-11H2,1-4H3. The smallest absolute Gasteiger partial charge is 0.410 e. The van der Waals surface area contributed by atoms with Crippen LogP contribution in [0.2, 0.25) is 0 Å². The van der Waals surface area contributed by atoms with Crippen molar-refractivity contribution in [2.75, 3.05) is 13.1 Å². The van der Waals surface area contributed by atoms with Gasteiger partial charge in [-0.2, -0.15) is 0 Å². The van der Waals surface area contributed by atoms with Crippen molar-refractivity contribution in [1.82, 2.24) is 4.90 Å². The Kier molecular flexibility index (Phi) is 5.56. The summed E-state index contributed by atoms with van der Waals surface area (Å²) in [5, 5.41) is 2.04. The van der Waals surface area contributed by atoms with Gasteiger partial charge in [0.25, 0.3) is 0 Å². The average molecular weight is 390 g/mol. The second kappa shape index (κ2) is 6.89. The maximum Gasteiger partial charge on any atom is 0.410 e. The van der Waals surface area contributed by atoms with E-state index in [2.05, 4.69) is 22.9 Å². The monoisotopic (exact) mass is 389 g/mol. The van der Waals surface area contributed by atoms with Gasteiger partial charge in [-0.15, -0.1) is 11.3 Å². The molecule has 1 aliphatic heterocycles. The van der Waals surface area contributed by atoms with Gasteiger partial charge in [0.1, 0.15) is 5.60 Å². The lowest BCUT2D eigenvalue weighted by atomic mass is 10.00. The number of hydrogen-bond acceptors (Lipinski definition) is 4. The van der Waals surface area contributed by atoms with Crippen molar-refractivity contribution in [2.45, 2.75) is 58.3 Å². The predicted molar refractivity (Wildman–Crippen MR) is 92.3 cm³/mol. The van der Waals surface area contributed by atoms with Crippen LogP contribution >= 0.6 is 27.3 Å². The van der Waals surface area contributed by atoms with Gasteiger partial charge in [-0.3, -0.25) is 0 Å². The molecule has 0 spiro atoms. The minimum atomic E-state index is -0.461. The molecule has 4 nitrogen and oxygen atoms in total. The van der Waals surface area contributed by atoms with Crippen molar-refractivity contribution in [3.63, 3.8) is 0 Å². The van der Waals surface area contributed by atoms with E-state index in [0.717, 1.165) is 17.3 Å². The highest BCUT2D eigenvalue weighted by molar-refractivity contribution is 9.10. The lowest BCUT2D eigenvalue weighted by Gasteiger charge is -2.29. The third-order valence-corrected chi connectivity index (χ3v) is 5.71. The van der Waals surface area contributed by atoms with Gasteiger partial charge in [0.15, 0.2) is 0 Å². The van der Waals surface area contributed by atoms with Gasteiger partial charge in [0, 0.05) is 15.9 Å². The van der Waals surface area contributed by atoms with Gasteiger partial charge >= 0.3 is 6.09 Å². The highest BCUT2D eigenvalue weighted by Crippen LogP contribution is 2.33. The summed E-state index contributed by atoms with van der Waals surface area (Å²) in [7, 11) is 0. The average Bonchev–Trinajstić information content (AvgIpc) is 3.02. The summed E-state index contributed by atoms with van der Waals surface area (Å²) in [6.45, 7) is 9.64. The van der Waals surface area contributed by atoms with E-state index in [0.29, 0.717) is 19.7 Å². The summed E-state index contributed by atoms with van der Waals surface area (Å²) in [5.41, 5.74) is -0.725. The fourth-order valence-corrected chi connectivity index (χ4v) is 3.86. The molecule has 6 heteroatoms. The molecule has 2 heterocycles. The number of ether oxygens (including phenoxy) is 2. The second-order valence-corrected chi connectivity index (χ2v) is 8.52. The molecule has 1 saturated heterocycles. The number of nitrogens with zero attached hydrogens (tertiary/aromatic N) is 1. The number of carbonyl (C=O) groups is 1. The van der Waals surface area contributed by atoms with Crippen LogP contribution in [0.4, 0.5) is 4.79 Å². The molecule has 124 valence electrons. The first-order chi connectivity index (χ1) is 10.2. The van der Waals surface area contributed by atoms with E-state index in [4.69, 9.17) is 9.47 Å². The van der Waals surface area contributed by atoms with Crippen molar-refractivity contribution >= 4 is 33.4 Å². The number of amides is 1. The van der Waals surface area contributed by atoms with Gasteiger partial charge in [0.05, 0.1) is 18.8 Å². The first-order valence-corrected chi connectivity index (χ1v) is 9.26. The van der Waals surface area contributed by atoms with E-state index >= 15 is 0 Å². The van der Waals surface area contributed by atoms with Crippen LogP contribution in [-0.2, 0) is 16.1 Å². The fourth-order valence-electron chi connectivity index (χ4n) is 2.48. The minimum Gasteiger partial charge on any atom is -0.444 e. The van der Waals surface area contributed by atoms with Crippen LogP contribution in [0.25, 0.3) is 0 Å². The lowest BCUT2D eigenvalue weighted by Crippen LogP contribution is -2.40. The summed E-state index contributed by atoms with van der Waals surface area (Å²) in [4.78, 5) is 15.1. The highest BCUT2D eigenvalue weighted by Gasteiger charge is 2.41. The molecule has 0 N–H and O–H groups in total. The van der Waals surface area contributed by atoms with E-state index in [1.165, 1.54) is 4.88 Å². The van der Waals surface area contributed by atoms with Crippen LogP contribution < -0.4 is 0 Å². The molecule has 1 aromatic heterocycles. The van der Waals surface area contributed by atoms with Crippen molar-refractivity contribution in [3.8, 4) is 0 Å². The molecule has 0 bridgehead atoms. The van der Waals surface area contributed by atoms with Crippen LogP contribution in [0.3, 0.4) is 0 Å². The zero-order valence-electron chi connectivity index (χ0n) is 13.6. The molecular formula is C16H24BrNO3S. The Morgan fingerprint density at radius 3 is 2.77 bits per heavy atom. The summed E-state index contributed by atoms with van der Waals surface area (Å²) in [6, 6.07) is 2.03. The number of halogens is 1. The molecular weight excluding hydrogens is 366 g/mol. The summed E-state index contributed by atoms with van der Waals surface area (Å²) in [6.07, 6.45) is 1.49. The molecule has 1 aromatic rings. The predicted octanol–water partition coefficient (Wildman–Crippen LogP) is 4.82. The molecule has 1 amide bonds. The van der Waals surface area contributed by atoms with E-state index in [-0.39, 0.29) is 11.7 Å². The third-order valence-electron chi connectivity index (χ3n) is 3.81. The molecule has 0 radical (unpaired) electrons. The Hall–Kier alpha value is -0.590. The van der Waals surface area contributed by atoms with Gasteiger partial charge in [-0.1, -0.05) is 6.92 Å². The number of thiophene rings is 1. The Labute approximate surface area is 144 Å². The van der Waals surface area contributed by atoms with Gasteiger partial charge < -0.3 is 14.4 Å². The molecule has 2 rings (SSSR count). The van der Waals surface area contributed by atoms with Gasteiger partial charge in [-0.25, -0.2) is 4.79 Å². The third kappa shape index (κ3) is 4.46. The van der Waals surface area contributed by atoms with Crippen molar-refractivity contribution in [1.29, 1.82) is 0 Å². The maximum absolute atomic E-state index is 12.2. The first kappa shape index (κ1) is 17.8. The lowest BCUT2D eigenvalue weighted by molar-refractivity contribution is -0.0519. The number of rotatable bonds is 4. The zero-order chi connectivity index (χ0) is 16.4. The zero-order valence-corrected chi connectivity index (χ0v) is 16.1. The van der Waals surface area contributed by atoms with E-state index in [1.54, 1.807) is 16.2 Å². The Morgan fingerprint density at radius 1 is 1.50 bits per heavy atom. The molecule has 1 aliphatic rings. The molecule has 0 saturated carbocycles. The van der Waals surface area contributed by atoms with Crippen molar-refractivity contribution < 1.29 is 14.3 Å². The van der Waals surface area contributed by atoms with Gasteiger partial charge in [-0.05, 0) is 61.0 Å². The largest absolute Gasteiger partial charge is 0.444 e. The SMILES string of the molecule is CCC1(OCc2sccc2Br)CCN(C(=O)OC(C)(C)C)C1. The van der Waals surface area contributed by atoms with E-state index < -0.39 is 5.60 Å². The minimum absolute atomic E-state index is 0.247. The van der Waals surface area contributed by atoms with Crippen LogP contribution in [-0.4, -0.2) is 35.3 Å². The topological polar surface area (TPSA) is 38.8 Å². The molecule has 22 heavy (non-hydrogen) atoms. The van der Waals surface area contributed by atoms with E-state index in [1.807, 2.05) is 32.2 Å². The van der Waals surface area contributed by atoms with E-state index in [9.17, 15) is 4.79 Å². The number of carbonyl (C=O) groups excluding carboxylic acids is 1. The van der Waals surface area contributed by atoms with Crippen LogP contribution in [0, 0.1) is 0 Å². The maximum atomic E-state index is 12.2. The molecule has 1 atom stereocenters. The quantitative estimate of drug-likeness (QED) is 0.740. The molecule has 0 aromatic carbocycles. The summed E-state index contributed by atoms with van der Waals surface area (Å²) < 4.78 is 12.8. The Bertz CT molecular complexity index is 526. The Morgan fingerprint density at radius 2 is 2.23 bits per heavy atom. The second-order valence-electron chi connectivity index (χ2n) is 6.67. The van der Waals surface area contributed by atoms with Crippen molar-refractivity contribution in [3.05, 3.63) is 20.8 Å². The molecule has 0 aliphatic carbocycles. The first-order valence-electron chi connectivity index (χ1n) is 7.58. The summed E-state index contributed by atoms with van der Waals surface area (Å²) in [5.74, 6) is 0. The van der Waals surface area contributed by atoms with Crippen LogP contribution in [0.15, 0.2) is 15.9 Å². The summed E-state index contributed by atoms with van der Waals surface area (Å²) >= 11 is 5.21. The number of likely N-dealkylation sites (tertiary alicyclic amines) is 1. The normalized spacial score (nSPS) is 22.1. The molecule has 1 fully saturated rings. The van der Waals surface area contributed by atoms with Crippen molar-refractivity contribution in [2.24, 2.45) is 0 Å². The van der Waals surface area contributed by atoms with Crippen LogP contribution in [0.1, 0.15) is 45.4 Å². The fraction of sp³-hybridized carbons (Fsp3) is 0.688. The van der Waals surface area contributed by atoms with Crippen LogP contribution in [0.5, 0.6) is 0 Å². The Balaban J connectivity index is 1.95. The molecule has 1 unspecified atom stereocenters. The van der Waals surface area contributed by atoms with Gasteiger partial charge in [0.2, 0.25) is 0 Å². The highest BCUT2D eigenvalue weighted by atomic mass is 79.9. The number of hydrogen-bond donors (Lipinski definition) is 0.